The third-order valence-electron chi connectivity index (χ3n) is 3.07. The molecule has 0 saturated carbocycles. The Bertz CT molecular complexity index is 794. The van der Waals surface area contributed by atoms with Gasteiger partial charge >= 0.3 is 0 Å². The lowest BCUT2D eigenvalue weighted by molar-refractivity contribution is 0.413. The fourth-order valence-corrected chi connectivity index (χ4v) is 2.28. The summed E-state index contributed by atoms with van der Waals surface area (Å²) in [5, 5.41) is 8.84. The number of halogens is 1. The molecule has 1 aromatic carbocycles. The third-order valence-corrected chi connectivity index (χ3v) is 3.31. The Morgan fingerprint density at radius 2 is 2.10 bits per heavy atom. The maximum atomic E-state index is 6.02. The van der Waals surface area contributed by atoms with Gasteiger partial charge in [0.25, 0.3) is 5.89 Å². The fourth-order valence-electron chi connectivity index (χ4n) is 2.11. The second kappa shape index (κ2) is 5.21. The lowest BCUT2D eigenvalue weighted by Crippen LogP contribution is -1.89. The van der Waals surface area contributed by atoms with E-state index in [1.807, 2.05) is 20.2 Å². The van der Waals surface area contributed by atoms with Gasteiger partial charge in [-0.3, -0.25) is 4.68 Å². The van der Waals surface area contributed by atoms with Crippen LogP contribution in [-0.4, -0.2) is 27.0 Å². The van der Waals surface area contributed by atoms with Crippen molar-refractivity contribution in [2.75, 3.05) is 7.11 Å². The highest BCUT2D eigenvalue weighted by Gasteiger charge is 2.17. The predicted molar refractivity (Wildman–Crippen MR) is 78.2 cm³/mol. The van der Waals surface area contributed by atoms with Gasteiger partial charge in [-0.05, 0) is 25.1 Å². The first-order valence-corrected chi connectivity index (χ1v) is 6.64. The Morgan fingerprint density at radius 1 is 1.29 bits per heavy atom. The second-order valence-corrected chi connectivity index (χ2v) is 5.01. The molecule has 0 saturated heterocycles. The van der Waals surface area contributed by atoms with Crippen molar-refractivity contribution in [2.24, 2.45) is 7.05 Å². The standard InChI is InChI=1S/C14H13ClN4O2/c1-8-11(7-19(2)17-8)14-16-13(18-21-14)10-6-9(15)4-5-12(10)20-3/h4-7H,1-3H3. The Kier molecular flexibility index (Phi) is 3.39. The Balaban J connectivity index is 2.06. The van der Waals surface area contributed by atoms with Crippen molar-refractivity contribution in [3.8, 4) is 28.6 Å². The summed E-state index contributed by atoms with van der Waals surface area (Å²) in [5.74, 6) is 1.47. The second-order valence-electron chi connectivity index (χ2n) is 4.57. The Labute approximate surface area is 126 Å². The van der Waals surface area contributed by atoms with Crippen LogP contribution in [0.3, 0.4) is 0 Å². The smallest absolute Gasteiger partial charge is 0.261 e. The normalized spacial score (nSPS) is 10.9. The van der Waals surface area contributed by atoms with E-state index in [-0.39, 0.29) is 0 Å². The molecule has 0 aliphatic heterocycles. The van der Waals surface area contributed by atoms with Gasteiger partial charge in [-0.2, -0.15) is 10.1 Å². The largest absolute Gasteiger partial charge is 0.496 e. The summed E-state index contributed by atoms with van der Waals surface area (Å²) in [7, 11) is 3.42. The number of nitrogens with zero attached hydrogens (tertiary/aromatic N) is 4. The topological polar surface area (TPSA) is 66.0 Å². The molecule has 0 spiro atoms. The van der Waals surface area contributed by atoms with Crippen LogP contribution in [-0.2, 0) is 7.05 Å². The van der Waals surface area contributed by atoms with Crippen molar-refractivity contribution < 1.29 is 9.26 Å². The van der Waals surface area contributed by atoms with E-state index in [1.54, 1.807) is 30.0 Å². The molecule has 0 aliphatic rings. The summed E-state index contributed by atoms with van der Waals surface area (Å²) in [5.41, 5.74) is 2.31. The van der Waals surface area contributed by atoms with E-state index in [2.05, 4.69) is 15.2 Å². The number of hydrogen-bond acceptors (Lipinski definition) is 5. The van der Waals surface area contributed by atoms with Crippen molar-refractivity contribution in [1.29, 1.82) is 0 Å². The van der Waals surface area contributed by atoms with Gasteiger partial charge in [0.05, 0.1) is 23.9 Å². The highest BCUT2D eigenvalue weighted by molar-refractivity contribution is 6.30. The number of rotatable bonds is 3. The van der Waals surface area contributed by atoms with Crippen LogP contribution in [0.1, 0.15) is 5.69 Å². The molecule has 0 N–H and O–H groups in total. The average molecular weight is 305 g/mol. The van der Waals surface area contributed by atoms with Gasteiger partial charge in [-0.25, -0.2) is 0 Å². The molecule has 0 amide bonds. The SMILES string of the molecule is COc1ccc(Cl)cc1-c1noc(-c2cn(C)nc2C)n1. The molecule has 0 aliphatic carbocycles. The van der Waals surface area contributed by atoms with Crippen molar-refractivity contribution >= 4 is 11.6 Å². The summed E-state index contributed by atoms with van der Waals surface area (Å²) in [6.07, 6.45) is 1.84. The van der Waals surface area contributed by atoms with Crippen molar-refractivity contribution in [3.63, 3.8) is 0 Å². The predicted octanol–water partition coefficient (Wildman–Crippen LogP) is 3.11. The zero-order valence-electron chi connectivity index (χ0n) is 11.8. The summed E-state index contributed by atoms with van der Waals surface area (Å²) in [6.45, 7) is 1.89. The number of methoxy groups -OCH3 is 1. The summed E-state index contributed by atoms with van der Waals surface area (Å²) in [6, 6.07) is 5.25. The van der Waals surface area contributed by atoms with Crippen LogP contribution in [0.2, 0.25) is 5.02 Å². The van der Waals surface area contributed by atoms with Crippen LogP contribution in [0, 0.1) is 6.92 Å². The first kappa shape index (κ1) is 13.6. The van der Waals surface area contributed by atoms with Crippen LogP contribution in [0.5, 0.6) is 5.75 Å². The van der Waals surface area contributed by atoms with Crippen LogP contribution in [0.25, 0.3) is 22.8 Å². The van der Waals surface area contributed by atoms with E-state index in [1.165, 1.54) is 0 Å². The minimum absolute atomic E-state index is 0.414. The molecule has 0 unspecified atom stereocenters. The monoisotopic (exact) mass is 304 g/mol. The van der Waals surface area contributed by atoms with Crippen molar-refractivity contribution in [2.45, 2.75) is 6.92 Å². The molecule has 3 rings (SSSR count). The summed E-state index contributed by atoms with van der Waals surface area (Å²) in [4.78, 5) is 4.40. The number of aromatic nitrogens is 4. The number of aryl methyl sites for hydroxylation is 2. The van der Waals surface area contributed by atoms with Crippen LogP contribution < -0.4 is 4.74 Å². The van der Waals surface area contributed by atoms with Crippen LogP contribution in [0.15, 0.2) is 28.9 Å². The minimum atomic E-state index is 0.414. The Morgan fingerprint density at radius 3 is 2.76 bits per heavy atom. The van der Waals surface area contributed by atoms with Crippen LogP contribution in [0.4, 0.5) is 0 Å². The van der Waals surface area contributed by atoms with Crippen molar-refractivity contribution in [1.82, 2.24) is 19.9 Å². The molecule has 108 valence electrons. The molecule has 7 heteroatoms. The zero-order valence-corrected chi connectivity index (χ0v) is 12.5. The molecule has 6 nitrogen and oxygen atoms in total. The first-order valence-electron chi connectivity index (χ1n) is 6.26. The molecule has 3 aromatic rings. The molecule has 0 atom stereocenters. The maximum absolute atomic E-state index is 6.02. The molecule has 0 radical (unpaired) electrons. The molecular formula is C14H13ClN4O2. The zero-order chi connectivity index (χ0) is 15.0. The van der Waals surface area contributed by atoms with Gasteiger partial charge in [0.15, 0.2) is 0 Å². The molecule has 21 heavy (non-hydrogen) atoms. The van der Waals surface area contributed by atoms with E-state index < -0.39 is 0 Å². The highest BCUT2D eigenvalue weighted by atomic mass is 35.5. The molecule has 2 heterocycles. The van der Waals surface area contributed by atoms with Gasteiger partial charge in [-0.15, -0.1) is 0 Å². The lowest BCUT2D eigenvalue weighted by atomic mass is 10.2. The van der Waals surface area contributed by atoms with Gasteiger partial charge in [0.1, 0.15) is 5.75 Å². The number of hydrogen-bond donors (Lipinski definition) is 0. The lowest BCUT2D eigenvalue weighted by Gasteiger charge is -2.04. The molecule has 0 bridgehead atoms. The van der Waals surface area contributed by atoms with E-state index in [0.29, 0.717) is 28.1 Å². The summed E-state index contributed by atoms with van der Waals surface area (Å²) < 4.78 is 12.3. The number of benzene rings is 1. The van der Waals surface area contributed by atoms with E-state index in [9.17, 15) is 0 Å². The fraction of sp³-hybridized carbons (Fsp3) is 0.214. The quantitative estimate of drug-likeness (QED) is 0.744. The minimum Gasteiger partial charge on any atom is -0.496 e. The maximum Gasteiger partial charge on any atom is 0.261 e. The highest BCUT2D eigenvalue weighted by Crippen LogP contribution is 2.32. The van der Waals surface area contributed by atoms with Gasteiger partial charge in [0.2, 0.25) is 5.82 Å². The van der Waals surface area contributed by atoms with Crippen LogP contribution >= 0.6 is 11.6 Å². The van der Waals surface area contributed by atoms with Gasteiger partial charge in [-0.1, -0.05) is 16.8 Å². The van der Waals surface area contributed by atoms with Gasteiger partial charge < -0.3 is 9.26 Å². The summed E-state index contributed by atoms with van der Waals surface area (Å²) >= 11 is 6.02. The van der Waals surface area contributed by atoms with E-state index in [4.69, 9.17) is 20.9 Å². The van der Waals surface area contributed by atoms with E-state index >= 15 is 0 Å². The first-order chi connectivity index (χ1) is 10.1. The van der Waals surface area contributed by atoms with Gasteiger partial charge in [0, 0.05) is 18.3 Å². The molecular weight excluding hydrogens is 292 g/mol. The van der Waals surface area contributed by atoms with E-state index in [0.717, 1.165) is 11.3 Å². The van der Waals surface area contributed by atoms with Crippen molar-refractivity contribution in [3.05, 3.63) is 35.1 Å². The average Bonchev–Trinajstić information content (AvgIpc) is 3.05. The number of ether oxygens (including phenoxy) is 1. The Hall–Kier alpha value is -2.34. The molecule has 0 fully saturated rings. The molecule has 2 aromatic heterocycles. The third kappa shape index (κ3) is 2.50.